The van der Waals surface area contributed by atoms with Crippen LogP contribution in [0.1, 0.15) is 41.0 Å². The Kier molecular flexibility index (Phi) is 2.57. The number of allylic oxidation sites excluding steroid dienone is 2. The van der Waals surface area contributed by atoms with Gasteiger partial charge in [-0.05, 0) is 37.7 Å². The van der Waals surface area contributed by atoms with Gasteiger partial charge in [-0.25, -0.2) is 0 Å². The van der Waals surface area contributed by atoms with E-state index in [1.54, 1.807) is 0 Å². The number of hydrogen-bond acceptors (Lipinski definition) is 3. The van der Waals surface area contributed by atoms with Gasteiger partial charge in [0.05, 0.1) is 17.8 Å². The first kappa shape index (κ1) is 12.5. The Labute approximate surface area is 103 Å². The van der Waals surface area contributed by atoms with Crippen molar-refractivity contribution < 1.29 is 14.6 Å². The van der Waals surface area contributed by atoms with Gasteiger partial charge in [0.2, 0.25) is 0 Å². The van der Waals surface area contributed by atoms with E-state index in [2.05, 4.69) is 13.8 Å². The average Bonchev–Trinajstić information content (AvgIpc) is 2.47. The SMILES string of the molecule is CC(C)OC(=O)C1C[C@@]2(C)C(O)=C[C@H]1C2(C)C. The number of fused-ring (bicyclic) bond motifs is 2. The molecule has 0 heterocycles. The molecule has 1 N–H and O–H groups in total. The predicted molar refractivity (Wildman–Crippen MR) is 65.4 cm³/mol. The highest BCUT2D eigenvalue weighted by molar-refractivity contribution is 5.75. The van der Waals surface area contributed by atoms with Gasteiger partial charge in [-0.1, -0.05) is 20.8 Å². The number of carbonyl (C=O) groups excluding carboxylic acids is 1. The molecule has 0 aromatic heterocycles. The van der Waals surface area contributed by atoms with E-state index in [4.69, 9.17) is 4.74 Å². The Bertz CT molecular complexity index is 381. The molecular weight excluding hydrogens is 216 g/mol. The van der Waals surface area contributed by atoms with E-state index in [0.717, 1.165) is 0 Å². The van der Waals surface area contributed by atoms with Crippen LogP contribution in [0.3, 0.4) is 0 Å². The second kappa shape index (κ2) is 3.50. The Morgan fingerprint density at radius 3 is 2.41 bits per heavy atom. The molecule has 1 fully saturated rings. The van der Waals surface area contributed by atoms with E-state index in [1.165, 1.54) is 0 Å². The summed E-state index contributed by atoms with van der Waals surface area (Å²) < 4.78 is 5.31. The zero-order valence-corrected chi connectivity index (χ0v) is 11.3. The quantitative estimate of drug-likeness (QED) is 0.752. The number of aliphatic hydroxyl groups is 1. The topological polar surface area (TPSA) is 46.5 Å². The highest BCUT2D eigenvalue weighted by Gasteiger charge is 2.64. The molecule has 3 atom stereocenters. The zero-order chi connectivity index (χ0) is 13.0. The van der Waals surface area contributed by atoms with E-state index < -0.39 is 0 Å². The maximum atomic E-state index is 12.0. The second-order valence-electron chi connectivity index (χ2n) is 6.43. The third-order valence-electron chi connectivity index (χ3n) is 4.87. The van der Waals surface area contributed by atoms with Gasteiger partial charge in [0.15, 0.2) is 0 Å². The maximum absolute atomic E-state index is 12.0. The van der Waals surface area contributed by atoms with Gasteiger partial charge in [0.1, 0.15) is 0 Å². The summed E-state index contributed by atoms with van der Waals surface area (Å²) in [5.74, 6) is 0.318. The Morgan fingerprint density at radius 1 is 1.47 bits per heavy atom. The van der Waals surface area contributed by atoms with Crippen LogP contribution in [-0.2, 0) is 9.53 Å². The van der Waals surface area contributed by atoms with E-state index in [1.807, 2.05) is 26.8 Å². The molecule has 0 aromatic carbocycles. The highest BCUT2D eigenvalue weighted by atomic mass is 16.5. The minimum Gasteiger partial charge on any atom is -0.512 e. The van der Waals surface area contributed by atoms with Gasteiger partial charge in [-0.2, -0.15) is 0 Å². The monoisotopic (exact) mass is 238 g/mol. The largest absolute Gasteiger partial charge is 0.512 e. The third kappa shape index (κ3) is 1.51. The van der Waals surface area contributed by atoms with Crippen LogP contribution in [0.4, 0.5) is 0 Å². The summed E-state index contributed by atoms with van der Waals surface area (Å²) in [6.07, 6.45) is 2.48. The van der Waals surface area contributed by atoms with Crippen LogP contribution in [0.15, 0.2) is 11.8 Å². The highest BCUT2D eigenvalue weighted by Crippen LogP contribution is 2.66. The molecule has 2 aliphatic carbocycles. The number of carbonyl (C=O) groups is 1. The summed E-state index contributed by atoms with van der Waals surface area (Å²) in [6.45, 7) is 10.0. The van der Waals surface area contributed by atoms with Crippen LogP contribution in [-0.4, -0.2) is 17.2 Å². The van der Waals surface area contributed by atoms with E-state index in [-0.39, 0.29) is 34.7 Å². The summed E-state index contributed by atoms with van der Waals surface area (Å²) in [6, 6.07) is 0. The Balaban J connectivity index is 2.25. The molecule has 96 valence electrons. The molecule has 0 saturated heterocycles. The molecule has 0 spiro atoms. The van der Waals surface area contributed by atoms with Gasteiger partial charge < -0.3 is 9.84 Å². The lowest BCUT2D eigenvalue weighted by Gasteiger charge is -2.34. The number of hydrogen-bond donors (Lipinski definition) is 1. The molecule has 1 unspecified atom stereocenters. The van der Waals surface area contributed by atoms with Crippen molar-refractivity contribution in [2.24, 2.45) is 22.7 Å². The number of rotatable bonds is 2. The van der Waals surface area contributed by atoms with Gasteiger partial charge >= 0.3 is 5.97 Å². The van der Waals surface area contributed by atoms with Crippen molar-refractivity contribution >= 4 is 5.97 Å². The minimum absolute atomic E-state index is 0.0717. The first-order valence-corrected chi connectivity index (χ1v) is 6.32. The van der Waals surface area contributed by atoms with Gasteiger partial charge in [-0.3, -0.25) is 4.79 Å². The molecular formula is C14H22O3. The molecule has 0 aromatic rings. The molecule has 0 radical (unpaired) electrons. The van der Waals surface area contributed by atoms with Crippen LogP contribution < -0.4 is 0 Å². The van der Waals surface area contributed by atoms with E-state index in [0.29, 0.717) is 12.2 Å². The smallest absolute Gasteiger partial charge is 0.309 e. The molecule has 2 bridgehead atoms. The third-order valence-corrected chi connectivity index (χ3v) is 4.87. The standard InChI is InChI=1S/C14H22O3/c1-8(2)17-12(16)9-7-14(5)11(15)6-10(9)13(14,3)4/h6,8-10,15H,7H2,1-5H3/t9?,10-,14+/m1/s1. The van der Waals surface area contributed by atoms with Crippen molar-refractivity contribution in [1.29, 1.82) is 0 Å². The fraction of sp³-hybridized carbons (Fsp3) is 0.786. The van der Waals surface area contributed by atoms with Crippen molar-refractivity contribution in [3.63, 3.8) is 0 Å². The lowest BCUT2D eigenvalue weighted by molar-refractivity contribution is -0.153. The second-order valence-corrected chi connectivity index (χ2v) is 6.43. The Morgan fingerprint density at radius 2 is 2.06 bits per heavy atom. The minimum atomic E-state index is -0.279. The van der Waals surface area contributed by atoms with Crippen molar-refractivity contribution in [2.45, 2.75) is 47.1 Å². The molecule has 0 amide bonds. The first-order valence-electron chi connectivity index (χ1n) is 6.32. The fourth-order valence-electron chi connectivity index (χ4n) is 3.36. The lowest BCUT2D eigenvalue weighted by atomic mass is 9.70. The van der Waals surface area contributed by atoms with Crippen molar-refractivity contribution in [3.05, 3.63) is 11.8 Å². The average molecular weight is 238 g/mol. The first-order chi connectivity index (χ1) is 7.70. The fourth-order valence-corrected chi connectivity index (χ4v) is 3.36. The summed E-state index contributed by atoms with van der Waals surface area (Å²) in [5.41, 5.74) is -0.351. The summed E-state index contributed by atoms with van der Waals surface area (Å²) in [4.78, 5) is 12.0. The molecule has 2 aliphatic rings. The Hall–Kier alpha value is -0.990. The van der Waals surface area contributed by atoms with Crippen LogP contribution in [0.2, 0.25) is 0 Å². The van der Waals surface area contributed by atoms with Crippen LogP contribution in [0, 0.1) is 22.7 Å². The zero-order valence-electron chi connectivity index (χ0n) is 11.3. The van der Waals surface area contributed by atoms with Crippen LogP contribution >= 0.6 is 0 Å². The van der Waals surface area contributed by atoms with E-state index in [9.17, 15) is 9.90 Å². The summed E-state index contributed by atoms with van der Waals surface area (Å²) in [7, 11) is 0. The normalized spacial score (nSPS) is 38.4. The number of aliphatic hydroxyl groups excluding tert-OH is 1. The van der Waals surface area contributed by atoms with Gasteiger partial charge in [0.25, 0.3) is 0 Å². The molecule has 3 heteroatoms. The van der Waals surface area contributed by atoms with Crippen molar-refractivity contribution in [2.75, 3.05) is 0 Å². The van der Waals surface area contributed by atoms with Crippen molar-refractivity contribution in [3.8, 4) is 0 Å². The number of esters is 1. The van der Waals surface area contributed by atoms with Crippen LogP contribution in [0.5, 0.6) is 0 Å². The maximum Gasteiger partial charge on any atom is 0.309 e. The molecule has 0 aliphatic heterocycles. The van der Waals surface area contributed by atoms with Gasteiger partial charge in [-0.15, -0.1) is 0 Å². The van der Waals surface area contributed by atoms with Gasteiger partial charge in [0, 0.05) is 5.41 Å². The molecule has 3 nitrogen and oxygen atoms in total. The summed E-state index contributed by atoms with van der Waals surface area (Å²) >= 11 is 0. The molecule has 2 rings (SSSR count). The lowest BCUT2D eigenvalue weighted by Crippen LogP contribution is -2.30. The molecule has 1 saturated carbocycles. The number of ether oxygens (including phenoxy) is 1. The predicted octanol–water partition coefficient (Wildman–Crippen LogP) is 3.06. The van der Waals surface area contributed by atoms with E-state index >= 15 is 0 Å². The summed E-state index contributed by atoms with van der Waals surface area (Å²) in [5, 5.41) is 10.0. The van der Waals surface area contributed by atoms with Crippen LogP contribution in [0.25, 0.3) is 0 Å². The van der Waals surface area contributed by atoms with Crippen molar-refractivity contribution in [1.82, 2.24) is 0 Å². The molecule has 17 heavy (non-hydrogen) atoms.